The Morgan fingerprint density at radius 3 is 2.67 bits per heavy atom. The second-order valence-electron chi connectivity index (χ2n) is 5.15. The number of halogens is 1. The van der Waals surface area contributed by atoms with Crippen molar-refractivity contribution in [1.82, 2.24) is 4.31 Å². The van der Waals surface area contributed by atoms with Gasteiger partial charge < -0.3 is 10.2 Å². The fourth-order valence-electron chi connectivity index (χ4n) is 2.21. The standard InChI is InChI=1S/C13H16FNO5S/c1-8-4-5-15(7-11(8)16)21(19,20)12-6-9(13(17)18)2-3-10(12)14/h2-3,6,8,11,16H,4-5,7H2,1H3,(H,17,18). The molecule has 2 N–H and O–H groups in total. The summed E-state index contributed by atoms with van der Waals surface area (Å²) in [5, 5.41) is 18.7. The predicted octanol–water partition coefficient (Wildman–Crippen LogP) is 0.915. The summed E-state index contributed by atoms with van der Waals surface area (Å²) in [7, 11) is -4.17. The number of piperidine rings is 1. The highest BCUT2D eigenvalue weighted by atomic mass is 32.2. The van der Waals surface area contributed by atoms with Gasteiger partial charge in [-0.2, -0.15) is 4.31 Å². The number of carboxylic acid groups (broad SMARTS) is 1. The molecule has 1 aromatic rings. The Morgan fingerprint density at radius 1 is 1.43 bits per heavy atom. The minimum absolute atomic E-state index is 0.0355. The van der Waals surface area contributed by atoms with E-state index in [9.17, 15) is 22.7 Å². The number of carboxylic acids is 1. The summed E-state index contributed by atoms with van der Waals surface area (Å²) in [5.41, 5.74) is -0.305. The van der Waals surface area contributed by atoms with Crippen molar-refractivity contribution in [3.63, 3.8) is 0 Å². The van der Waals surface area contributed by atoms with Crippen LogP contribution < -0.4 is 0 Å². The molecule has 1 fully saturated rings. The Morgan fingerprint density at radius 2 is 2.10 bits per heavy atom. The van der Waals surface area contributed by atoms with Crippen molar-refractivity contribution < 1.29 is 27.8 Å². The quantitative estimate of drug-likeness (QED) is 0.864. The normalized spacial score (nSPS) is 24.0. The molecule has 8 heteroatoms. The van der Waals surface area contributed by atoms with Crippen molar-refractivity contribution in [2.45, 2.75) is 24.3 Å². The third-order valence-electron chi connectivity index (χ3n) is 3.68. The molecule has 1 saturated heterocycles. The lowest BCUT2D eigenvalue weighted by atomic mass is 9.98. The third-order valence-corrected chi connectivity index (χ3v) is 5.56. The molecule has 0 amide bonds. The zero-order chi connectivity index (χ0) is 15.8. The molecule has 116 valence electrons. The van der Waals surface area contributed by atoms with Gasteiger partial charge in [-0.25, -0.2) is 17.6 Å². The predicted molar refractivity (Wildman–Crippen MR) is 71.9 cm³/mol. The number of sulfonamides is 1. The maximum Gasteiger partial charge on any atom is 0.335 e. The second-order valence-corrected chi connectivity index (χ2v) is 7.05. The number of nitrogens with zero attached hydrogens (tertiary/aromatic N) is 1. The third kappa shape index (κ3) is 3.07. The molecule has 0 saturated carbocycles. The second kappa shape index (κ2) is 5.70. The van der Waals surface area contributed by atoms with Crippen LogP contribution in [0.1, 0.15) is 23.7 Å². The van der Waals surface area contributed by atoms with Crippen LogP contribution in [0.25, 0.3) is 0 Å². The number of hydrogen-bond acceptors (Lipinski definition) is 4. The summed E-state index contributed by atoms with van der Waals surface area (Å²) in [4.78, 5) is 10.2. The smallest absolute Gasteiger partial charge is 0.335 e. The van der Waals surface area contributed by atoms with Crippen LogP contribution in [0, 0.1) is 11.7 Å². The minimum atomic E-state index is -4.17. The molecule has 1 aliphatic heterocycles. The summed E-state index contributed by atoms with van der Waals surface area (Å²) >= 11 is 0. The number of aromatic carboxylic acids is 1. The van der Waals surface area contributed by atoms with Crippen molar-refractivity contribution in [2.24, 2.45) is 5.92 Å². The first-order valence-corrected chi connectivity index (χ1v) is 7.88. The summed E-state index contributed by atoms with van der Waals surface area (Å²) in [6.45, 7) is 1.85. The topological polar surface area (TPSA) is 94.9 Å². The molecule has 0 aliphatic carbocycles. The van der Waals surface area contributed by atoms with Gasteiger partial charge in [-0.15, -0.1) is 0 Å². The highest BCUT2D eigenvalue weighted by molar-refractivity contribution is 7.89. The molecule has 21 heavy (non-hydrogen) atoms. The molecule has 2 atom stereocenters. The SMILES string of the molecule is CC1CCN(S(=O)(=O)c2cc(C(=O)O)ccc2F)CC1O. The zero-order valence-electron chi connectivity index (χ0n) is 11.4. The van der Waals surface area contributed by atoms with Crippen molar-refractivity contribution in [3.8, 4) is 0 Å². The highest BCUT2D eigenvalue weighted by Crippen LogP contribution is 2.26. The van der Waals surface area contributed by atoms with E-state index in [2.05, 4.69) is 0 Å². The van der Waals surface area contributed by atoms with Crippen LogP contribution in [0.5, 0.6) is 0 Å². The van der Waals surface area contributed by atoms with E-state index < -0.39 is 32.8 Å². The molecule has 0 spiro atoms. The van der Waals surface area contributed by atoms with Crippen LogP contribution in [0.15, 0.2) is 23.1 Å². The van der Waals surface area contributed by atoms with E-state index >= 15 is 0 Å². The molecule has 1 aliphatic rings. The Labute approximate surface area is 121 Å². The van der Waals surface area contributed by atoms with E-state index in [0.29, 0.717) is 6.42 Å². The Hall–Kier alpha value is -1.51. The molecular weight excluding hydrogens is 301 g/mol. The van der Waals surface area contributed by atoms with Gasteiger partial charge in [-0.3, -0.25) is 0 Å². The lowest BCUT2D eigenvalue weighted by Crippen LogP contribution is -2.45. The van der Waals surface area contributed by atoms with Crippen molar-refractivity contribution in [2.75, 3.05) is 13.1 Å². The average Bonchev–Trinajstić information content (AvgIpc) is 2.41. The molecule has 0 bridgehead atoms. The van der Waals surface area contributed by atoms with Crippen molar-refractivity contribution >= 4 is 16.0 Å². The minimum Gasteiger partial charge on any atom is -0.478 e. The van der Waals surface area contributed by atoms with Crippen LogP contribution in [-0.4, -0.2) is 48.1 Å². The van der Waals surface area contributed by atoms with Gasteiger partial charge >= 0.3 is 5.97 Å². The van der Waals surface area contributed by atoms with Gasteiger partial charge in [0.05, 0.1) is 11.7 Å². The van der Waals surface area contributed by atoms with E-state index in [1.54, 1.807) is 6.92 Å². The van der Waals surface area contributed by atoms with E-state index in [0.717, 1.165) is 22.5 Å². The highest BCUT2D eigenvalue weighted by Gasteiger charge is 2.34. The lowest BCUT2D eigenvalue weighted by molar-refractivity contribution is 0.0604. The molecule has 1 heterocycles. The molecule has 2 unspecified atom stereocenters. The lowest BCUT2D eigenvalue weighted by Gasteiger charge is -2.33. The van der Waals surface area contributed by atoms with Crippen LogP contribution in [0.3, 0.4) is 0 Å². The van der Waals surface area contributed by atoms with Crippen LogP contribution in [0.2, 0.25) is 0 Å². The van der Waals surface area contributed by atoms with E-state index in [1.165, 1.54) is 0 Å². The first-order chi connectivity index (χ1) is 9.73. The summed E-state index contributed by atoms with van der Waals surface area (Å²) in [6, 6.07) is 2.63. The number of carbonyl (C=O) groups is 1. The first-order valence-electron chi connectivity index (χ1n) is 6.44. The number of benzene rings is 1. The monoisotopic (exact) mass is 317 g/mol. The van der Waals surface area contributed by atoms with Crippen molar-refractivity contribution in [3.05, 3.63) is 29.6 Å². The molecular formula is C13H16FNO5S. The van der Waals surface area contributed by atoms with E-state index in [-0.39, 0.29) is 24.6 Å². The molecule has 6 nitrogen and oxygen atoms in total. The van der Waals surface area contributed by atoms with Crippen LogP contribution in [-0.2, 0) is 10.0 Å². The molecule has 2 rings (SSSR count). The van der Waals surface area contributed by atoms with Crippen LogP contribution in [0.4, 0.5) is 4.39 Å². The number of β-amino-alcohol motifs (C(OH)–C–C–N with tert-alkyl or cyclic N) is 1. The zero-order valence-corrected chi connectivity index (χ0v) is 12.2. The Bertz CT molecular complexity index is 661. The van der Waals surface area contributed by atoms with Gasteiger partial charge in [0.15, 0.2) is 0 Å². The van der Waals surface area contributed by atoms with E-state index in [1.807, 2.05) is 0 Å². The van der Waals surface area contributed by atoms with Gasteiger partial charge in [-0.1, -0.05) is 6.92 Å². The summed E-state index contributed by atoms with van der Waals surface area (Å²) in [6.07, 6.45) is -0.361. The van der Waals surface area contributed by atoms with Gasteiger partial charge in [0.2, 0.25) is 10.0 Å². The van der Waals surface area contributed by atoms with Crippen LogP contribution >= 0.6 is 0 Å². The number of aliphatic hydroxyl groups is 1. The Balaban J connectivity index is 2.40. The number of aliphatic hydroxyl groups excluding tert-OH is 1. The van der Waals surface area contributed by atoms with Gasteiger partial charge in [-0.05, 0) is 30.5 Å². The molecule has 1 aromatic carbocycles. The van der Waals surface area contributed by atoms with Gasteiger partial charge in [0, 0.05) is 13.1 Å². The van der Waals surface area contributed by atoms with Gasteiger partial charge in [0.25, 0.3) is 0 Å². The maximum atomic E-state index is 13.8. The fourth-order valence-corrected chi connectivity index (χ4v) is 3.77. The molecule has 0 radical (unpaired) electrons. The number of hydrogen-bond donors (Lipinski definition) is 2. The van der Waals surface area contributed by atoms with Gasteiger partial charge in [0.1, 0.15) is 10.7 Å². The Kier molecular flexibility index (Phi) is 4.31. The fraction of sp³-hybridized carbons (Fsp3) is 0.462. The maximum absolute atomic E-state index is 13.8. The average molecular weight is 317 g/mol. The first kappa shape index (κ1) is 15.9. The summed E-state index contributed by atoms with van der Waals surface area (Å²) in [5.74, 6) is -2.38. The van der Waals surface area contributed by atoms with Crippen molar-refractivity contribution in [1.29, 1.82) is 0 Å². The largest absolute Gasteiger partial charge is 0.478 e. The molecule has 0 aromatic heterocycles. The summed E-state index contributed by atoms with van der Waals surface area (Å²) < 4.78 is 39.6. The number of rotatable bonds is 3. The van der Waals surface area contributed by atoms with E-state index in [4.69, 9.17) is 5.11 Å².